The Kier molecular flexibility index (Phi) is 4.21. The van der Waals surface area contributed by atoms with Crippen molar-refractivity contribution in [3.63, 3.8) is 0 Å². The Labute approximate surface area is 145 Å². The minimum Gasteiger partial charge on any atom is -0.481 e. The van der Waals surface area contributed by atoms with Crippen molar-refractivity contribution >= 4 is 11.7 Å². The molecule has 1 aliphatic carbocycles. The zero-order valence-corrected chi connectivity index (χ0v) is 14.1. The maximum absolute atomic E-state index is 12.4. The molecule has 4 rings (SSSR count). The maximum Gasteiger partial charge on any atom is 0.291 e. The SMILES string of the molecule is COc1cc(N(C2CC2)C2CCN(C(=O)c3ncn[nH]3)CC2)ncn1. The predicted octanol–water partition coefficient (Wildman–Crippen LogP) is 0.877. The largest absolute Gasteiger partial charge is 0.481 e. The Morgan fingerprint density at radius 3 is 2.56 bits per heavy atom. The average molecular weight is 343 g/mol. The van der Waals surface area contributed by atoms with Gasteiger partial charge in [0.2, 0.25) is 11.7 Å². The number of hydrogen-bond acceptors (Lipinski definition) is 7. The smallest absolute Gasteiger partial charge is 0.291 e. The van der Waals surface area contributed by atoms with Crippen LogP contribution in [0.15, 0.2) is 18.7 Å². The lowest BCUT2D eigenvalue weighted by molar-refractivity contribution is 0.0700. The normalized spacial score (nSPS) is 18.2. The van der Waals surface area contributed by atoms with E-state index in [-0.39, 0.29) is 5.91 Å². The zero-order chi connectivity index (χ0) is 17.2. The zero-order valence-electron chi connectivity index (χ0n) is 14.1. The topological polar surface area (TPSA) is 100 Å². The summed E-state index contributed by atoms with van der Waals surface area (Å²) >= 11 is 0. The number of rotatable bonds is 5. The van der Waals surface area contributed by atoms with Crippen molar-refractivity contribution in [3.8, 4) is 5.88 Å². The highest BCUT2D eigenvalue weighted by atomic mass is 16.5. The Bertz CT molecular complexity index is 724. The van der Waals surface area contributed by atoms with Gasteiger partial charge in [0.25, 0.3) is 5.91 Å². The first-order valence-electron chi connectivity index (χ1n) is 8.55. The van der Waals surface area contributed by atoms with Crippen molar-refractivity contribution in [1.29, 1.82) is 0 Å². The summed E-state index contributed by atoms with van der Waals surface area (Å²) in [7, 11) is 1.61. The molecule has 2 aromatic rings. The average Bonchev–Trinajstić information content (AvgIpc) is 3.33. The van der Waals surface area contributed by atoms with Crippen molar-refractivity contribution in [1.82, 2.24) is 30.0 Å². The van der Waals surface area contributed by atoms with Crippen LogP contribution >= 0.6 is 0 Å². The number of piperidine rings is 1. The minimum absolute atomic E-state index is 0.0855. The van der Waals surface area contributed by atoms with E-state index in [1.807, 2.05) is 11.0 Å². The number of nitrogens with zero attached hydrogens (tertiary/aromatic N) is 6. The molecule has 3 heterocycles. The van der Waals surface area contributed by atoms with E-state index < -0.39 is 0 Å². The summed E-state index contributed by atoms with van der Waals surface area (Å²) in [6, 6.07) is 2.79. The summed E-state index contributed by atoms with van der Waals surface area (Å²) in [6.07, 6.45) is 7.09. The number of H-pyrrole nitrogens is 1. The van der Waals surface area contributed by atoms with Gasteiger partial charge in [-0.1, -0.05) is 0 Å². The number of carbonyl (C=O) groups is 1. The highest BCUT2D eigenvalue weighted by Crippen LogP contribution is 2.36. The Hall–Kier alpha value is -2.71. The van der Waals surface area contributed by atoms with Crippen molar-refractivity contribution in [3.05, 3.63) is 24.5 Å². The predicted molar refractivity (Wildman–Crippen MR) is 89.4 cm³/mol. The molecule has 0 spiro atoms. The van der Waals surface area contributed by atoms with Crippen LogP contribution in [0.4, 0.5) is 5.82 Å². The summed E-state index contributed by atoms with van der Waals surface area (Å²) < 4.78 is 5.24. The van der Waals surface area contributed by atoms with Crippen LogP contribution in [0.25, 0.3) is 0 Å². The summed E-state index contributed by atoms with van der Waals surface area (Å²) in [5.74, 6) is 1.71. The van der Waals surface area contributed by atoms with Gasteiger partial charge in [0.15, 0.2) is 0 Å². The fraction of sp³-hybridized carbons (Fsp3) is 0.562. The molecule has 0 atom stereocenters. The van der Waals surface area contributed by atoms with Crippen LogP contribution in [0.1, 0.15) is 36.3 Å². The first-order chi connectivity index (χ1) is 12.3. The lowest BCUT2D eigenvalue weighted by Crippen LogP contribution is -2.48. The van der Waals surface area contributed by atoms with E-state index in [2.05, 4.69) is 30.0 Å². The molecule has 1 saturated heterocycles. The molecule has 2 aliphatic rings. The molecule has 25 heavy (non-hydrogen) atoms. The van der Waals surface area contributed by atoms with Crippen molar-refractivity contribution in [2.75, 3.05) is 25.1 Å². The molecule has 0 bridgehead atoms. The fourth-order valence-electron chi connectivity index (χ4n) is 3.41. The quantitative estimate of drug-likeness (QED) is 0.860. The highest BCUT2D eigenvalue weighted by Gasteiger charge is 2.37. The monoisotopic (exact) mass is 343 g/mol. The van der Waals surface area contributed by atoms with Crippen molar-refractivity contribution < 1.29 is 9.53 Å². The second-order valence-electron chi connectivity index (χ2n) is 6.41. The summed E-state index contributed by atoms with van der Waals surface area (Å²) in [4.78, 5) is 29.1. The summed E-state index contributed by atoms with van der Waals surface area (Å²) in [6.45, 7) is 1.41. The lowest BCUT2D eigenvalue weighted by Gasteiger charge is -2.39. The first kappa shape index (κ1) is 15.8. The van der Waals surface area contributed by atoms with Gasteiger partial charge in [0.05, 0.1) is 7.11 Å². The van der Waals surface area contributed by atoms with E-state index in [1.54, 1.807) is 13.4 Å². The molecule has 0 unspecified atom stereocenters. The third-order valence-electron chi connectivity index (χ3n) is 4.80. The number of carbonyl (C=O) groups excluding carboxylic acids is 1. The number of aromatic nitrogens is 5. The number of methoxy groups -OCH3 is 1. The third kappa shape index (κ3) is 3.26. The highest BCUT2D eigenvalue weighted by molar-refractivity contribution is 5.90. The van der Waals surface area contributed by atoms with Crippen LogP contribution < -0.4 is 9.64 Å². The fourth-order valence-corrected chi connectivity index (χ4v) is 3.41. The molecular weight excluding hydrogens is 322 g/mol. The molecule has 1 N–H and O–H groups in total. The Balaban J connectivity index is 1.45. The lowest BCUT2D eigenvalue weighted by atomic mass is 10.0. The number of aromatic amines is 1. The van der Waals surface area contributed by atoms with E-state index in [9.17, 15) is 4.79 Å². The van der Waals surface area contributed by atoms with Gasteiger partial charge in [-0.3, -0.25) is 9.89 Å². The number of anilines is 1. The number of nitrogens with one attached hydrogen (secondary N) is 1. The van der Waals surface area contributed by atoms with E-state index >= 15 is 0 Å². The maximum atomic E-state index is 12.4. The van der Waals surface area contributed by atoms with Gasteiger partial charge < -0.3 is 14.5 Å². The van der Waals surface area contributed by atoms with Crippen LogP contribution in [0.3, 0.4) is 0 Å². The van der Waals surface area contributed by atoms with Crippen molar-refractivity contribution in [2.24, 2.45) is 0 Å². The molecule has 1 amide bonds. The third-order valence-corrected chi connectivity index (χ3v) is 4.80. The molecule has 2 aromatic heterocycles. The van der Waals surface area contributed by atoms with E-state index in [0.717, 1.165) is 18.7 Å². The van der Waals surface area contributed by atoms with Crippen LogP contribution in [-0.4, -0.2) is 68.2 Å². The van der Waals surface area contributed by atoms with Gasteiger partial charge in [0, 0.05) is 31.2 Å². The molecule has 1 saturated carbocycles. The number of ether oxygens (including phenoxy) is 1. The molecule has 0 aromatic carbocycles. The molecule has 0 radical (unpaired) electrons. The van der Waals surface area contributed by atoms with Crippen LogP contribution in [0.2, 0.25) is 0 Å². The molecule has 1 aliphatic heterocycles. The number of likely N-dealkylation sites (tertiary alicyclic amines) is 1. The van der Waals surface area contributed by atoms with Gasteiger partial charge in [-0.15, -0.1) is 0 Å². The van der Waals surface area contributed by atoms with Gasteiger partial charge in [-0.05, 0) is 25.7 Å². The Morgan fingerprint density at radius 1 is 1.16 bits per heavy atom. The summed E-state index contributed by atoms with van der Waals surface area (Å²) in [5, 5.41) is 6.39. The van der Waals surface area contributed by atoms with E-state index in [1.165, 1.54) is 19.2 Å². The van der Waals surface area contributed by atoms with Gasteiger partial charge in [0.1, 0.15) is 18.5 Å². The number of amides is 1. The second-order valence-corrected chi connectivity index (χ2v) is 6.41. The van der Waals surface area contributed by atoms with Crippen LogP contribution in [-0.2, 0) is 0 Å². The van der Waals surface area contributed by atoms with Crippen molar-refractivity contribution in [2.45, 2.75) is 37.8 Å². The molecule has 2 fully saturated rings. The standard InChI is InChI=1S/C16H21N7O2/c1-25-14-8-13(17-9-18-14)23(11-2-3-11)12-4-6-22(7-5-12)16(24)15-19-10-20-21-15/h8-12H,2-7H2,1H3,(H,19,20,21). The van der Waals surface area contributed by atoms with E-state index in [4.69, 9.17) is 4.74 Å². The first-order valence-corrected chi connectivity index (χ1v) is 8.55. The van der Waals surface area contributed by atoms with Gasteiger partial charge in [-0.2, -0.15) is 5.10 Å². The van der Waals surface area contributed by atoms with Gasteiger partial charge in [-0.25, -0.2) is 15.0 Å². The number of hydrogen-bond donors (Lipinski definition) is 1. The Morgan fingerprint density at radius 2 is 1.92 bits per heavy atom. The minimum atomic E-state index is -0.0855. The van der Waals surface area contributed by atoms with E-state index in [0.29, 0.717) is 36.9 Å². The molecule has 9 heteroatoms. The van der Waals surface area contributed by atoms with Crippen LogP contribution in [0, 0.1) is 0 Å². The van der Waals surface area contributed by atoms with Crippen LogP contribution in [0.5, 0.6) is 5.88 Å². The molecular formula is C16H21N7O2. The second kappa shape index (κ2) is 6.66. The molecule has 132 valence electrons. The summed E-state index contributed by atoms with van der Waals surface area (Å²) in [5.41, 5.74) is 0. The molecule has 9 nitrogen and oxygen atoms in total. The van der Waals surface area contributed by atoms with Gasteiger partial charge >= 0.3 is 0 Å².